The second kappa shape index (κ2) is 4.86. The van der Waals surface area contributed by atoms with Crippen molar-refractivity contribution in [2.24, 2.45) is 0 Å². The summed E-state index contributed by atoms with van der Waals surface area (Å²) >= 11 is 0. The maximum absolute atomic E-state index is 11.1. The normalized spacial score (nSPS) is 20.1. The van der Waals surface area contributed by atoms with Crippen LogP contribution < -0.4 is 10.8 Å². The molecule has 1 unspecified atom stereocenters. The lowest BCUT2D eigenvalue weighted by Gasteiger charge is -2.25. The highest BCUT2D eigenvalue weighted by atomic mass is 31.2. The topological polar surface area (TPSA) is 82.5 Å². The number of nitrogens with one attached hydrogen (secondary N) is 1. The molecular weight excluding hydrogens is 239 g/mol. The van der Waals surface area contributed by atoms with Crippen LogP contribution in [0.3, 0.4) is 0 Å². The van der Waals surface area contributed by atoms with Crippen LogP contribution in [0.15, 0.2) is 12.1 Å². The van der Waals surface area contributed by atoms with Gasteiger partial charge in [-0.2, -0.15) is 0 Å². The fraction of sp³-hybridized carbons (Fsp3) is 0.545. The lowest BCUT2D eigenvalue weighted by atomic mass is 9.98. The van der Waals surface area contributed by atoms with Gasteiger partial charge >= 0.3 is 7.60 Å². The van der Waals surface area contributed by atoms with Crippen molar-refractivity contribution >= 4 is 13.0 Å². The van der Waals surface area contributed by atoms with Crippen LogP contribution in [0.25, 0.3) is 0 Å². The largest absolute Gasteiger partial charge is 0.374 e. The Morgan fingerprint density at radius 1 is 1.53 bits per heavy atom. The van der Waals surface area contributed by atoms with Gasteiger partial charge in [0, 0.05) is 24.7 Å². The van der Waals surface area contributed by atoms with E-state index >= 15 is 0 Å². The smallest absolute Gasteiger partial charge is 0.320 e. The molecule has 1 aromatic rings. The summed E-state index contributed by atoms with van der Waals surface area (Å²) in [5.74, 6) is 0. The maximum atomic E-state index is 11.1. The number of hydrogen-bond acceptors (Lipinski definition) is 3. The zero-order chi connectivity index (χ0) is 12.5. The zero-order valence-electron chi connectivity index (χ0n) is 9.76. The summed E-state index contributed by atoms with van der Waals surface area (Å²) in [6.45, 7) is 2.85. The molecule has 6 heteroatoms. The Hall–Kier alpha value is -0.740. The molecule has 0 fully saturated rings. The molecule has 94 valence electrons. The van der Waals surface area contributed by atoms with Crippen LogP contribution in [0, 0.1) is 0 Å². The summed E-state index contributed by atoms with van der Waals surface area (Å²) in [4.78, 5) is 22.3. The Kier molecular flexibility index (Phi) is 3.64. The van der Waals surface area contributed by atoms with Crippen LogP contribution >= 0.6 is 7.60 Å². The molecule has 0 spiro atoms. The van der Waals surface area contributed by atoms with E-state index in [0.29, 0.717) is 6.04 Å². The Morgan fingerprint density at radius 2 is 2.29 bits per heavy atom. The number of nitrogens with zero attached hydrogens (tertiary/aromatic N) is 1. The van der Waals surface area contributed by atoms with Crippen molar-refractivity contribution in [2.75, 3.05) is 0 Å². The van der Waals surface area contributed by atoms with Gasteiger partial charge in [-0.3, -0.25) is 4.57 Å². The Labute approximate surface area is 100 Å². The quantitative estimate of drug-likeness (QED) is 0.693. The summed E-state index contributed by atoms with van der Waals surface area (Å²) in [7, 11) is -4.23. The van der Waals surface area contributed by atoms with Crippen LogP contribution in [0.1, 0.15) is 31.0 Å². The van der Waals surface area contributed by atoms with E-state index in [-0.39, 0.29) is 5.44 Å². The van der Waals surface area contributed by atoms with E-state index in [1.165, 1.54) is 6.07 Å². The highest BCUT2D eigenvalue weighted by Gasteiger charge is 2.24. The Bertz CT molecular complexity index is 458. The third-order valence-corrected chi connectivity index (χ3v) is 3.86. The van der Waals surface area contributed by atoms with Gasteiger partial charge in [0.1, 0.15) is 0 Å². The molecule has 5 nitrogen and oxygen atoms in total. The molecule has 0 aliphatic carbocycles. The van der Waals surface area contributed by atoms with Crippen molar-refractivity contribution in [3.63, 3.8) is 0 Å². The SMILES string of the molecule is CCCC1Cc2nc(P(=O)(O)O)ccc2CN1. The lowest BCUT2D eigenvalue weighted by Crippen LogP contribution is -2.36. The summed E-state index contributed by atoms with van der Waals surface area (Å²) < 4.78 is 11.1. The van der Waals surface area contributed by atoms with E-state index in [0.717, 1.165) is 37.1 Å². The van der Waals surface area contributed by atoms with Crippen molar-refractivity contribution in [3.05, 3.63) is 23.4 Å². The molecule has 17 heavy (non-hydrogen) atoms. The predicted octanol–water partition coefficient (Wildman–Crippen LogP) is 0.699. The van der Waals surface area contributed by atoms with E-state index in [1.807, 2.05) is 0 Å². The van der Waals surface area contributed by atoms with E-state index in [9.17, 15) is 4.57 Å². The van der Waals surface area contributed by atoms with Crippen LogP contribution in [-0.2, 0) is 17.5 Å². The summed E-state index contributed by atoms with van der Waals surface area (Å²) in [5, 5.41) is 3.40. The monoisotopic (exact) mass is 256 g/mol. The molecule has 0 saturated carbocycles. The molecule has 0 bridgehead atoms. The molecule has 0 radical (unpaired) electrons. The first-order chi connectivity index (χ1) is 8.00. The Morgan fingerprint density at radius 3 is 2.94 bits per heavy atom. The van der Waals surface area contributed by atoms with Crippen LogP contribution in [0.2, 0.25) is 0 Å². The average Bonchev–Trinajstić information content (AvgIpc) is 2.27. The third kappa shape index (κ3) is 2.93. The fourth-order valence-electron chi connectivity index (χ4n) is 2.13. The van der Waals surface area contributed by atoms with Crippen molar-refractivity contribution in [3.8, 4) is 0 Å². The molecule has 0 saturated heterocycles. The van der Waals surface area contributed by atoms with Crippen molar-refractivity contribution in [1.82, 2.24) is 10.3 Å². The average molecular weight is 256 g/mol. The molecule has 2 heterocycles. The second-order valence-corrected chi connectivity index (χ2v) is 5.94. The molecule has 0 aromatic carbocycles. The van der Waals surface area contributed by atoms with Crippen LogP contribution in [0.4, 0.5) is 0 Å². The summed E-state index contributed by atoms with van der Waals surface area (Å²) in [5.41, 5.74) is 1.74. The Balaban J connectivity index is 2.26. The number of aromatic nitrogens is 1. The minimum Gasteiger partial charge on any atom is -0.320 e. The van der Waals surface area contributed by atoms with Gasteiger partial charge in [-0.15, -0.1) is 0 Å². The molecule has 2 rings (SSSR count). The highest BCUT2D eigenvalue weighted by Crippen LogP contribution is 2.32. The molecule has 1 atom stereocenters. The predicted molar refractivity (Wildman–Crippen MR) is 65.2 cm³/mol. The lowest BCUT2D eigenvalue weighted by molar-refractivity contribution is 0.385. The van der Waals surface area contributed by atoms with Gasteiger partial charge in [-0.25, -0.2) is 4.98 Å². The summed E-state index contributed by atoms with van der Waals surface area (Å²) in [6.07, 6.45) is 2.89. The zero-order valence-corrected chi connectivity index (χ0v) is 10.7. The molecular formula is C11H17N2O3P. The number of hydrogen-bond donors (Lipinski definition) is 3. The van der Waals surface area contributed by atoms with Crippen LogP contribution in [0.5, 0.6) is 0 Å². The van der Waals surface area contributed by atoms with Crippen LogP contribution in [-0.4, -0.2) is 20.8 Å². The van der Waals surface area contributed by atoms with Crippen molar-refractivity contribution < 1.29 is 14.4 Å². The summed E-state index contributed by atoms with van der Waals surface area (Å²) in [6, 6.07) is 3.54. The van der Waals surface area contributed by atoms with E-state index in [4.69, 9.17) is 9.79 Å². The van der Waals surface area contributed by atoms with Gasteiger partial charge in [-0.05, 0) is 18.1 Å². The molecule has 1 aromatic heterocycles. The second-order valence-electron chi connectivity index (χ2n) is 4.39. The highest BCUT2D eigenvalue weighted by molar-refractivity contribution is 7.60. The van der Waals surface area contributed by atoms with E-state index in [1.54, 1.807) is 6.07 Å². The van der Waals surface area contributed by atoms with Gasteiger partial charge in [0.25, 0.3) is 0 Å². The van der Waals surface area contributed by atoms with Crippen molar-refractivity contribution in [1.29, 1.82) is 0 Å². The van der Waals surface area contributed by atoms with Gasteiger partial charge in [-0.1, -0.05) is 19.4 Å². The minimum absolute atomic E-state index is 0.117. The molecule has 0 amide bonds. The standard InChI is InChI=1S/C11H17N2O3P/c1-2-3-9-6-10-8(7-12-9)4-5-11(13-10)17(14,15)16/h4-5,9,12H,2-3,6-7H2,1H3,(H2,14,15,16). The first-order valence-electron chi connectivity index (χ1n) is 5.79. The molecule has 1 aliphatic heterocycles. The van der Waals surface area contributed by atoms with Gasteiger partial charge < -0.3 is 15.1 Å². The first kappa shape index (κ1) is 12.7. The third-order valence-electron chi connectivity index (χ3n) is 3.01. The van der Waals surface area contributed by atoms with Gasteiger partial charge in [0.05, 0.1) is 0 Å². The number of rotatable bonds is 3. The van der Waals surface area contributed by atoms with Gasteiger partial charge in [0.15, 0.2) is 5.44 Å². The van der Waals surface area contributed by atoms with E-state index < -0.39 is 7.60 Å². The molecule has 3 N–H and O–H groups in total. The maximum Gasteiger partial charge on any atom is 0.374 e. The fourth-order valence-corrected chi connectivity index (χ4v) is 2.65. The van der Waals surface area contributed by atoms with Gasteiger partial charge in [0.2, 0.25) is 0 Å². The number of fused-ring (bicyclic) bond motifs is 1. The van der Waals surface area contributed by atoms with E-state index in [2.05, 4.69) is 17.2 Å². The first-order valence-corrected chi connectivity index (χ1v) is 7.40. The number of pyridine rings is 1. The molecule has 1 aliphatic rings. The minimum atomic E-state index is -4.23. The van der Waals surface area contributed by atoms with Crippen molar-refractivity contribution in [2.45, 2.75) is 38.8 Å².